The summed E-state index contributed by atoms with van der Waals surface area (Å²) in [6, 6.07) is -1.22. The quantitative estimate of drug-likeness (QED) is 0.0466. The summed E-state index contributed by atoms with van der Waals surface area (Å²) >= 11 is 6.16. The predicted molar refractivity (Wildman–Crippen MR) is 314 cm³/mol. The third-order valence-electron chi connectivity index (χ3n) is 13.3. The van der Waals surface area contributed by atoms with E-state index in [1.54, 1.807) is 56.3 Å². The number of anilines is 1. The number of nitrogens with two attached hydrogens (primary N) is 5. The monoisotopic (exact) mass is 1220 g/mol. The minimum atomic E-state index is -1.77. The standard InChI is InChI=1S/C54H86ClN17O13/c1-28(2)26-40-50(81)64-34(14-20-56)44(75)63-37(17-23-59)48(79)71-42(29(3)73)52(83)61-25-19-39(47(78)62-35(15-21-57)46(77)68-41(51(82)67-40)27-31-10-6-5-7-11-31)65-45(76)36(16-22-58)66-53(84)43(30(4)74)72-49(80)38(18-24-60)70-54(85)69-33-13-9-8-12-32(33)55/h5-13,28-30,34-43,73-74H,14-27,56-60H2,1-4H3,(H,61,83)(H,62,78)(H,63,75)(H,64,81)(H,65,76)(H,66,84)(H,67,82)(H,68,77)(H,71,79)(H,72,80)(H2,69,70,85)/t29-,30-,34+,35+,36-,37+,38+,39+,40+,41-,42+,43+/m1/s1. The third-order valence-corrected chi connectivity index (χ3v) is 13.6. The first-order valence-electron chi connectivity index (χ1n) is 28.1. The first-order chi connectivity index (χ1) is 40.4. The largest absolute Gasteiger partial charge is 0.391 e. The van der Waals surface area contributed by atoms with Gasteiger partial charge in [-0.3, -0.25) is 47.9 Å². The van der Waals surface area contributed by atoms with E-state index < -0.39 is 151 Å². The van der Waals surface area contributed by atoms with Gasteiger partial charge in [-0.2, -0.15) is 0 Å². The van der Waals surface area contributed by atoms with Crippen molar-refractivity contribution in [3.8, 4) is 0 Å². The summed E-state index contributed by atoms with van der Waals surface area (Å²) in [5.74, 6) is -9.81. The molecule has 0 unspecified atom stereocenters. The second kappa shape index (κ2) is 37.0. The van der Waals surface area contributed by atoms with Crippen molar-refractivity contribution in [2.24, 2.45) is 34.6 Å². The van der Waals surface area contributed by atoms with Gasteiger partial charge < -0.3 is 103 Å². The van der Waals surface area contributed by atoms with E-state index in [9.17, 15) is 63.0 Å². The Morgan fingerprint density at radius 3 is 1.56 bits per heavy atom. The molecule has 2 aromatic carbocycles. The van der Waals surface area contributed by atoms with Crippen molar-refractivity contribution in [2.75, 3.05) is 44.6 Å². The number of aliphatic hydroxyl groups is 2. The predicted octanol–water partition coefficient (Wildman–Crippen LogP) is -5.49. The topological polar surface area (TPSA) is 503 Å². The molecule has 1 aliphatic rings. The van der Waals surface area contributed by atoms with Gasteiger partial charge in [-0.25, -0.2) is 4.79 Å². The van der Waals surface area contributed by atoms with Gasteiger partial charge in [-0.05, 0) is 115 Å². The summed E-state index contributed by atoms with van der Waals surface area (Å²) in [4.78, 5) is 154. The fourth-order valence-electron chi connectivity index (χ4n) is 8.75. The van der Waals surface area contributed by atoms with E-state index in [0.29, 0.717) is 5.56 Å². The van der Waals surface area contributed by atoms with Crippen molar-refractivity contribution in [2.45, 2.75) is 152 Å². The van der Waals surface area contributed by atoms with Crippen molar-refractivity contribution >= 4 is 82.4 Å². The highest BCUT2D eigenvalue weighted by Crippen LogP contribution is 2.20. The van der Waals surface area contributed by atoms with Crippen molar-refractivity contribution in [1.29, 1.82) is 0 Å². The second-order valence-electron chi connectivity index (χ2n) is 20.8. The number of amides is 12. The number of nitrogens with one attached hydrogen (secondary N) is 12. The first kappa shape index (κ1) is 71.7. The number of aliphatic hydroxyl groups excluding tert-OH is 2. The molecule has 1 aliphatic heterocycles. The summed E-state index contributed by atoms with van der Waals surface area (Å²) in [7, 11) is 0. The third kappa shape index (κ3) is 24.1. The number of urea groups is 1. The van der Waals surface area contributed by atoms with Crippen molar-refractivity contribution < 1.29 is 63.0 Å². The Morgan fingerprint density at radius 1 is 0.565 bits per heavy atom. The van der Waals surface area contributed by atoms with Gasteiger partial charge in [0.1, 0.15) is 60.4 Å². The van der Waals surface area contributed by atoms with Crippen LogP contribution in [0.25, 0.3) is 0 Å². The molecule has 12 atom stereocenters. The van der Waals surface area contributed by atoms with Crippen molar-refractivity contribution in [1.82, 2.24) is 58.5 Å². The van der Waals surface area contributed by atoms with Crippen LogP contribution >= 0.6 is 11.6 Å². The summed E-state index contributed by atoms with van der Waals surface area (Å²) in [6.45, 7) is 4.59. The Kier molecular flexibility index (Phi) is 31.2. The lowest BCUT2D eigenvalue weighted by atomic mass is 10.00. The van der Waals surface area contributed by atoms with E-state index in [4.69, 9.17) is 40.3 Å². The molecule has 2 aromatic rings. The lowest BCUT2D eigenvalue weighted by molar-refractivity contribution is -0.136. The van der Waals surface area contributed by atoms with Gasteiger partial charge in [0, 0.05) is 13.0 Å². The molecule has 1 fully saturated rings. The molecule has 12 amide bonds. The molecular formula is C54H86ClN17O13. The van der Waals surface area contributed by atoms with E-state index in [0.717, 1.165) is 0 Å². The second-order valence-corrected chi connectivity index (χ2v) is 21.2. The molecule has 472 valence electrons. The van der Waals surface area contributed by atoms with Crippen LogP contribution in [0.1, 0.15) is 78.2 Å². The SMILES string of the molecule is CC(C)C[C@@H]1NC(=O)[C@@H](Cc2ccccc2)NC(=O)[C@H](CCN)NC(=O)[C@@H](NC(=O)[C@@H](CCN)NC(=O)[C@@H](NC(=O)[C@H](CCN)NC(=O)Nc2ccccc2Cl)[C@@H](C)O)CCNC(=O)[C@H]([C@@H](C)O)NC(=O)[C@H](CCN)NC(=O)[C@H](CCN)NC1=O. The maximum absolute atomic E-state index is 14.5. The van der Waals surface area contributed by atoms with Crippen molar-refractivity contribution in [3.63, 3.8) is 0 Å². The number of hydrogen-bond donors (Lipinski definition) is 19. The number of carbonyl (C=O) groups is 11. The highest BCUT2D eigenvalue weighted by atomic mass is 35.5. The Hall–Kier alpha value is -7.58. The normalized spacial score (nSPS) is 22.4. The van der Waals surface area contributed by atoms with Crippen molar-refractivity contribution in [3.05, 3.63) is 65.2 Å². The van der Waals surface area contributed by atoms with E-state index in [-0.39, 0.29) is 94.3 Å². The molecule has 30 nitrogen and oxygen atoms in total. The number of benzene rings is 2. The van der Waals surface area contributed by atoms with Crippen LogP contribution in [0.4, 0.5) is 10.5 Å². The van der Waals surface area contributed by atoms with Gasteiger partial charge in [0.05, 0.1) is 22.9 Å². The summed E-state index contributed by atoms with van der Waals surface area (Å²) < 4.78 is 0. The number of para-hydroxylation sites is 1. The fourth-order valence-corrected chi connectivity index (χ4v) is 8.93. The average Bonchev–Trinajstić information content (AvgIpc) is 3.57. The molecule has 0 aliphatic carbocycles. The highest BCUT2D eigenvalue weighted by molar-refractivity contribution is 6.33. The molecular weight excluding hydrogens is 1130 g/mol. The van der Waals surface area contributed by atoms with Crippen LogP contribution in [-0.2, 0) is 54.4 Å². The van der Waals surface area contributed by atoms with Crippen LogP contribution in [0.15, 0.2) is 54.6 Å². The van der Waals surface area contributed by atoms with Gasteiger partial charge >= 0.3 is 6.03 Å². The van der Waals surface area contributed by atoms with Gasteiger partial charge in [0.2, 0.25) is 59.1 Å². The Morgan fingerprint density at radius 2 is 1.05 bits per heavy atom. The van der Waals surface area contributed by atoms with Crippen LogP contribution in [0.5, 0.6) is 0 Å². The maximum atomic E-state index is 14.5. The lowest BCUT2D eigenvalue weighted by Crippen LogP contribution is -2.62. The number of carbonyl (C=O) groups excluding carboxylic acids is 11. The summed E-state index contributed by atoms with van der Waals surface area (Å²) in [5, 5.41) is 52.0. The average molecular weight is 1220 g/mol. The molecule has 1 heterocycles. The minimum absolute atomic E-state index is 0.0369. The van der Waals surface area contributed by atoms with Crippen LogP contribution in [-0.4, -0.2) is 187 Å². The number of rotatable bonds is 24. The maximum Gasteiger partial charge on any atom is 0.319 e. The highest BCUT2D eigenvalue weighted by Gasteiger charge is 2.37. The van der Waals surface area contributed by atoms with Gasteiger partial charge in [0.15, 0.2) is 0 Å². The zero-order valence-corrected chi connectivity index (χ0v) is 49.0. The van der Waals surface area contributed by atoms with E-state index in [1.807, 2.05) is 0 Å². The molecule has 0 radical (unpaired) electrons. The van der Waals surface area contributed by atoms with Crippen LogP contribution in [0, 0.1) is 5.92 Å². The Bertz CT molecular complexity index is 2570. The molecule has 0 saturated carbocycles. The summed E-state index contributed by atoms with van der Waals surface area (Å²) in [6.07, 6.45) is -4.78. The van der Waals surface area contributed by atoms with E-state index in [1.165, 1.54) is 26.0 Å². The molecule has 31 heteroatoms. The van der Waals surface area contributed by atoms with Gasteiger partial charge in [-0.1, -0.05) is 67.9 Å². The molecule has 3 rings (SSSR count). The minimum Gasteiger partial charge on any atom is -0.391 e. The molecule has 85 heavy (non-hydrogen) atoms. The van der Waals surface area contributed by atoms with E-state index >= 15 is 0 Å². The van der Waals surface area contributed by atoms with Crippen LogP contribution in [0.3, 0.4) is 0 Å². The fraction of sp³-hybridized carbons (Fsp3) is 0.574. The molecule has 0 aromatic heterocycles. The van der Waals surface area contributed by atoms with E-state index in [2.05, 4.69) is 63.8 Å². The van der Waals surface area contributed by atoms with Crippen LogP contribution in [0.2, 0.25) is 5.02 Å². The first-order valence-corrected chi connectivity index (χ1v) is 28.5. The molecule has 1 saturated heterocycles. The Balaban J connectivity index is 2.08. The van der Waals surface area contributed by atoms with Crippen LogP contribution < -0.4 is 92.5 Å². The smallest absolute Gasteiger partial charge is 0.319 e. The molecule has 0 bridgehead atoms. The zero-order valence-electron chi connectivity index (χ0n) is 48.3. The number of hydrogen-bond acceptors (Lipinski definition) is 18. The lowest BCUT2D eigenvalue weighted by Gasteiger charge is -2.29. The summed E-state index contributed by atoms with van der Waals surface area (Å²) in [5.41, 5.74) is 30.1. The zero-order chi connectivity index (χ0) is 63.3. The van der Waals surface area contributed by atoms with Gasteiger partial charge in [-0.15, -0.1) is 0 Å². The Labute approximate surface area is 498 Å². The number of halogens is 1. The molecule has 24 N–H and O–H groups in total. The van der Waals surface area contributed by atoms with Gasteiger partial charge in [0.25, 0.3) is 0 Å². The molecule has 0 spiro atoms.